The van der Waals surface area contributed by atoms with E-state index in [-0.39, 0.29) is 35.4 Å². The zero-order valence-electron chi connectivity index (χ0n) is 13.1. The predicted octanol–water partition coefficient (Wildman–Crippen LogP) is 2.96. The molecule has 1 aliphatic rings. The smallest absolute Gasteiger partial charge is 0.191 e. The van der Waals surface area contributed by atoms with Crippen molar-refractivity contribution in [2.45, 2.75) is 26.8 Å². The van der Waals surface area contributed by atoms with Gasteiger partial charge in [0.2, 0.25) is 0 Å². The molecule has 0 aromatic heterocycles. The van der Waals surface area contributed by atoms with Crippen molar-refractivity contribution in [1.82, 2.24) is 10.6 Å². The van der Waals surface area contributed by atoms with E-state index in [1.165, 1.54) is 5.56 Å². The van der Waals surface area contributed by atoms with E-state index in [2.05, 4.69) is 60.7 Å². The number of nitrogens with zero attached hydrogens (tertiary/aromatic N) is 1. The molecule has 0 saturated carbocycles. The fraction of sp³-hybridized carbons (Fsp3) is 0.562. The van der Waals surface area contributed by atoms with Crippen LogP contribution in [-0.4, -0.2) is 32.3 Å². The van der Waals surface area contributed by atoms with Gasteiger partial charge < -0.3 is 15.4 Å². The van der Waals surface area contributed by atoms with Crippen LogP contribution in [0.15, 0.2) is 35.3 Å². The van der Waals surface area contributed by atoms with Crippen LogP contribution in [0.5, 0.6) is 0 Å². The highest BCUT2D eigenvalue weighted by atomic mass is 127. The molecule has 4 nitrogen and oxygen atoms in total. The predicted molar refractivity (Wildman–Crippen MR) is 98.3 cm³/mol. The first-order valence-electron chi connectivity index (χ1n) is 7.30. The molecule has 1 aromatic carbocycles. The second-order valence-electron chi connectivity index (χ2n) is 5.78. The first-order valence-corrected chi connectivity index (χ1v) is 7.30. The van der Waals surface area contributed by atoms with E-state index in [4.69, 9.17) is 4.74 Å². The molecule has 1 aromatic rings. The van der Waals surface area contributed by atoms with Gasteiger partial charge in [0.05, 0.1) is 25.8 Å². The van der Waals surface area contributed by atoms with Gasteiger partial charge in [0.1, 0.15) is 0 Å². The van der Waals surface area contributed by atoms with Crippen LogP contribution in [-0.2, 0) is 4.74 Å². The minimum Gasteiger partial charge on any atom is -0.380 e. The molecular formula is C16H26IN3O. The molecule has 1 unspecified atom stereocenters. The van der Waals surface area contributed by atoms with Gasteiger partial charge in [-0.1, -0.05) is 37.3 Å². The number of hydrogen-bond donors (Lipinski definition) is 2. The lowest BCUT2D eigenvalue weighted by Crippen LogP contribution is -2.44. The van der Waals surface area contributed by atoms with Gasteiger partial charge in [-0.25, -0.2) is 0 Å². The Balaban J connectivity index is 0.00000220. The molecule has 1 aliphatic heterocycles. The molecule has 1 saturated heterocycles. The monoisotopic (exact) mass is 403 g/mol. The van der Waals surface area contributed by atoms with Crippen molar-refractivity contribution < 1.29 is 4.74 Å². The van der Waals surface area contributed by atoms with E-state index >= 15 is 0 Å². The van der Waals surface area contributed by atoms with Crippen LogP contribution in [0.25, 0.3) is 0 Å². The van der Waals surface area contributed by atoms with Crippen molar-refractivity contribution in [1.29, 1.82) is 0 Å². The molecule has 2 N–H and O–H groups in total. The summed E-state index contributed by atoms with van der Waals surface area (Å²) in [5.74, 6) is 0.872. The van der Waals surface area contributed by atoms with E-state index in [1.54, 1.807) is 0 Å². The summed E-state index contributed by atoms with van der Waals surface area (Å²) in [5.41, 5.74) is 1.47. The Morgan fingerprint density at radius 3 is 2.52 bits per heavy atom. The number of hydrogen-bond acceptors (Lipinski definition) is 2. The van der Waals surface area contributed by atoms with Crippen LogP contribution in [0.3, 0.4) is 0 Å². The third-order valence-electron chi connectivity index (χ3n) is 3.52. The summed E-state index contributed by atoms with van der Waals surface area (Å²) in [6.45, 7) is 9.72. The maximum atomic E-state index is 5.27. The van der Waals surface area contributed by atoms with E-state index < -0.39 is 0 Å². The molecule has 2 rings (SSSR count). The highest BCUT2D eigenvalue weighted by molar-refractivity contribution is 14.0. The maximum Gasteiger partial charge on any atom is 0.191 e. The van der Waals surface area contributed by atoms with Crippen molar-refractivity contribution in [2.75, 3.05) is 26.3 Å². The van der Waals surface area contributed by atoms with E-state index in [1.807, 2.05) is 6.07 Å². The summed E-state index contributed by atoms with van der Waals surface area (Å²) in [4.78, 5) is 4.69. The molecular weight excluding hydrogens is 377 g/mol. The molecule has 118 valence electrons. The normalized spacial score (nSPS) is 18.1. The van der Waals surface area contributed by atoms with Gasteiger partial charge in [0.25, 0.3) is 0 Å². The van der Waals surface area contributed by atoms with Gasteiger partial charge in [-0.15, -0.1) is 24.0 Å². The second kappa shape index (κ2) is 8.58. The largest absolute Gasteiger partial charge is 0.380 e. The molecule has 21 heavy (non-hydrogen) atoms. The Morgan fingerprint density at radius 2 is 2.00 bits per heavy atom. The van der Waals surface area contributed by atoms with E-state index in [9.17, 15) is 0 Å². The van der Waals surface area contributed by atoms with Crippen molar-refractivity contribution >= 4 is 29.9 Å². The topological polar surface area (TPSA) is 45.7 Å². The fourth-order valence-electron chi connectivity index (χ4n) is 2.16. The number of aliphatic imine (C=N–C) groups is 1. The molecule has 1 fully saturated rings. The van der Waals surface area contributed by atoms with Crippen LogP contribution in [0.4, 0.5) is 0 Å². The summed E-state index contributed by atoms with van der Waals surface area (Å²) in [5, 5.41) is 6.76. The third kappa shape index (κ3) is 5.47. The van der Waals surface area contributed by atoms with Crippen molar-refractivity contribution in [2.24, 2.45) is 10.4 Å². The van der Waals surface area contributed by atoms with E-state index in [0.29, 0.717) is 0 Å². The number of nitrogens with one attached hydrogen (secondary N) is 2. The summed E-state index contributed by atoms with van der Waals surface area (Å²) in [6.07, 6.45) is 0. The van der Waals surface area contributed by atoms with Crippen LogP contribution >= 0.6 is 24.0 Å². The van der Waals surface area contributed by atoms with Gasteiger partial charge in [-0.2, -0.15) is 0 Å². The molecule has 0 aliphatic carbocycles. The lowest BCUT2D eigenvalue weighted by molar-refractivity contribution is -0.0945. The average molecular weight is 403 g/mol. The quantitative estimate of drug-likeness (QED) is 0.452. The Hall–Kier alpha value is -0.820. The highest BCUT2D eigenvalue weighted by Gasteiger charge is 2.33. The van der Waals surface area contributed by atoms with E-state index in [0.717, 1.165) is 32.3 Å². The van der Waals surface area contributed by atoms with Crippen LogP contribution < -0.4 is 10.6 Å². The van der Waals surface area contributed by atoms with Gasteiger partial charge >= 0.3 is 0 Å². The van der Waals surface area contributed by atoms with Crippen LogP contribution in [0.2, 0.25) is 0 Å². The summed E-state index contributed by atoms with van der Waals surface area (Å²) < 4.78 is 5.27. The first-order chi connectivity index (χ1) is 9.63. The first kappa shape index (κ1) is 18.2. The zero-order valence-corrected chi connectivity index (χ0v) is 15.4. The number of benzene rings is 1. The van der Waals surface area contributed by atoms with Gasteiger partial charge in [0, 0.05) is 12.0 Å². The lowest BCUT2D eigenvalue weighted by atomic mass is 9.89. The van der Waals surface area contributed by atoms with Crippen LogP contribution in [0.1, 0.15) is 32.4 Å². The third-order valence-corrected chi connectivity index (χ3v) is 3.52. The maximum absolute atomic E-state index is 5.27. The van der Waals surface area contributed by atoms with Crippen molar-refractivity contribution in [3.63, 3.8) is 0 Å². The molecule has 1 heterocycles. The van der Waals surface area contributed by atoms with Crippen molar-refractivity contribution in [3.8, 4) is 0 Å². The molecule has 1 atom stereocenters. The molecule has 0 radical (unpaired) electrons. The summed E-state index contributed by atoms with van der Waals surface area (Å²) >= 11 is 0. The standard InChI is InChI=1S/C16H25N3O.HI/c1-4-17-15(18-10-16(3)11-20-12-16)19-13(2)14-8-6-5-7-9-14;/h5-9,13H,4,10-12H2,1-3H3,(H2,17,18,19);1H. The number of guanidine groups is 1. The zero-order chi connectivity index (χ0) is 14.4. The minimum atomic E-state index is 0. The number of ether oxygens (including phenoxy) is 1. The summed E-state index contributed by atoms with van der Waals surface area (Å²) in [6, 6.07) is 10.6. The molecule has 0 amide bonds. The average Bonchev–Trinajstić information content (AvgIpc) is 2.44. The lowest BCUT2D eigenvalue weighted by Gasteiger charge is -2.36. The molecule has 5 heteroatoms. The minimum absolute atomic E-state index is 0. The Bertz CT molecular complexity index is 446. The Kier molecular flexibility index (Phi) is 7.45. The molecule has 0 spiro atoms. The summed E-state index contributed by atoms with van der Waals surface area (Å²) in [7, 11) is 0. The van der Waals surface area contributed by atoms with Gasteiger partial charge in [-0.05, 0) is 19.4 Å². The van der Waals surface area contributed by atoms with Crippen molar-refractivity contribution in [3.05, 3.63) is 35.9 Å². The second-order valence-corrected chi connectivity index (χ2v) is 5.78. The fourth-order valence-corrected chi connectivity index (χ4v) is 2.16. The Morgan fingerprint density at radius 1 is 1.33 bits per heavy atom. The number of rotatable bonds is 5. The van der Waals surface area contributed by atoms with Gasteiger partial charge in [-0.3, -0.25) is 4.99 Å². The highest BCUT2D eigenvalue weighted by Crippen LogP contribution is 2.26. The molecule has 0 bridgehead atoms. The van der Waals surface area contributed by atoms with Gasteiger partial charge in [0.15, 0.2) is 5.96 Å². The SMILES string of the molecule is CCNC(=NCC1(C)COC1)NC(C)c1ccccc1.I. The number of halogens is 1. The van der Waals surface area contributed by atoms with Crippen LogP contribution in [0, 0.1) is 5.41 Å². The Labute approximate surface area is 144 Å².